The molecule has 0 aliphatic carbocycles. The SMILES string of the molecule is O=C(CCCOC(=O)OCC1(COC(=O)OCCCO)CSSC1)ON1C(=O)CCC1=O. The van der Waals surface area contributed by atoms with Crippen molar-refractivity contribution in [2.24, 2.45) is 5.41 Å². The van der Waals surface area contributed by atoms with Gasteiger partial charge >= 0.3 is 18.3 Å². The van der Waals surface area contributed by atoms with E-state index >= 15 is 0 Å². The van der Waals surface area contributed by atoms with Crippen LogP contribution in [0, 0.1) is 5.41 Å². The minimum atomic E-state index is -0.935. The van der Waals surface area contributed by atoms with Crippen molar-refractivity contribution in [1.82, 2.24) is 5.06 Å². The number of nitrogens with zero attached hydrogens (tertiary/aromatic N) is 1. The Morgan fingerprint density at radius 3 is 1.94 bits per heavy atom. The van der Waals surface area contributed by atoms with Crippen molar-refractivity contribution >= 4 is 51.7 Å². The third kappa shape index (κ3) is 8.74. The molecule has 180 valence electrons. The lowest BCUT2D eigenvalue weighted by molar-refractivity contribution is -0.197. The van der Waals surface area contributed by atoms with Crippen LogP contribution in [0.4, 0.5) is 9.59 Å². The summed E-state index contributed by atoms with van der Waals surface area (Å²) in [5.74, 6) is -0.735. The molecule has 0 aromatic heterocycles. The molecule has 0 unspecified atom stereocenters. The first-order valence-electron chi connectivity index (χ1n) is 9.86. The summed E-state index contributed by atoms with van der Waals surface area (Å²) in [7, 11) is 3.12. The monoisotopic (exact) mass is 495 g/mol. The number of carbonyl (C=O) groups excluding carboxylic acids is 5. The first kappa shape index (κ1) is 26.1. The fraction of sp³-hybridized carbons (Fsp3) is 0.722. The molecule has 2 saturated heterocycles. The highest BCUT2D eigenvalue weighted by molar-refractivity contribution is 8.77. The molecule has 0 aromatic carbocycles. The summed E-state index contributed by atoms with van der Waals surface area (Å²) >= 11 is 0. The molecule has 2 rings (SSSR count). The summed E-state index contributed by atoms with van der Waals surface area (Å²) in [6.07, 6.45) is -1.50. The molecule has 0 bridgehead atoms. The molecule has 1 N–H and O–H groups in total. The number of ether oxygens (including phenoxy) is 4. The minimum absolute atomic E-state index is 0.00196. The zero-order valence-electron chi connectivity index (χ0n) is 17.3. The number of aliphatic hydroxyl groups excluding tert-OH is 1. The van der Waals surface area contributed by atoms with Crippen LogP contribution in [0.15, 0.2) is 0 Å². The number of hydroxylamine groups is 2. The highest BCUT2D eigenvalue weighted by Crippen LogP contribution is 2.43. The van der Waals surface area contributed by atoms with E-state index in [0.717, 1.165) is 0 Å². The van der Waals surface area contributed by atoms with E-state index in [9.17, 15) is 24.0 Å². The predicted octanol–water partition coefficient (Wildman–Crippen LogP) is 1.44. The number of amides is 2. The van der Waals surface area contributed by atoms with Crippen LogP contribution in [0.5, 0.6) is 0 Å². The van der Waals surface area contributed by atoms with Gasteiger partial charge in [0.25, 0.3) is 11.8 Å². The second-order valence-electron chi connectivity index (χ2n) is 7.02. The smallest absolute Gasteiger partial charge is 0.434 e. The van der Waals surface area contributed by atoms with Crippen LogP contribution in [0.2, 0.25) is 0 Å². The van der Waals surface area contributed by atoms with Crippen molar-refractivity contribution in [3.8, 4) is 0 Å². The van der Waals surface area contributed by atoms with Gasteiger partial charge in [-0.05, 0) is 6.42 Å². The minimum Gasteiger partial charge on any atom is -0.434 e. The Kier molecular flexibility index (Phi) is 10.9. The van der Waals surface area contributed by atoms with E-state index in [1.54, 1.807) is 21.6 Å². The molecule has 0 radical (unpaired) electrons. The van der Waals surface area contributed by atoms with E-state index in [2.05, 4.69) is 0 Å². The van der Waals surface area contributed by atoms with E-state index in [0.29, 0.717) is 23.0 Å². The van der Waals surface area contributed by atoms with Gasteiger partial charge in [-0.15, -0.1) is 5.06 Å². The molecular formula is C18H25NO11S2. The summed E-state index contributed by atoms with van der Waals surface area (Å²) in [6.45, 7) is -0.207. The normalized spacial score (nSPS) is 17.2. The predicted molar refractivity (Wildman–Crippen MR) is 110 cm³/mol. The lowest BCUT2D eigenvalue weighted by atomic mass is 9.95. The van der Waals surface area contributed by atoms with Crippen molar-refractivity contribution in [2.75, 3.05) is 44.5 Å². The zero-order chi connectivity index (χ0) is 23.4. The molecule has 2 amide bonds. The maximum atomic E-state index is 11.8. The number of aliphatic hydroxyl groups is 1. The Balaban J connectivity index is 1.61. The van der Waals surface area contributed by atoms with Gasteiger partial charge in [-0.1, -0.05) is 21.6 Å². The average Bonchev–Trinajstić information content (AvgIpc) is 3.37. The molecular weight excluding hydrogens is 470 g/mol. The summed E-state index contributed by atoms with van der Waals surface area (Å²) in [5, 5.41) is 9.14. The van der Waals surface area contributed by atoms with Gasteiger partial charge in [0.15, 0.2) is 0 Å². The van der Waals surface area contributed by atoms with E-state index in [1.165, 1.54) is 0 Å². The van der Waals surface area contributed by atoms with Crippen LogP contribution in [0.1, 0.15) is 32.1 Å². The van der Waals surface area contributed by atoms with E-state index in [-0.39, 0.29) is 58.7 Å². The maximum Gasteiger partial charge on any atom is 0.508 e. The van der Waals surface area contributed by atoms with Crippen molar-refractivity contribution in [3.63, 3.8) is 0 Å². The lowest BCUT2D eigenvalue weighted by Gasteiger charge is -2.25. The maximum absolute atomic E-state index is 11.8. The molecule has 14 heteroatoms. The Bertz CT molecular complexity index is 680. The fourth-order valence-corrected chi connectivity index (χ4v) is 5.82. The van der Waals surface area contributed by atoms with E-state index in [1.807, 2.05) is 0 Å². The Hall–Kier alpha value is -2.19. The first-order chi connectivity index (χ1) is 15.3. The molecule has 2 fully saturated rings. The van der Waals surface area contributed by atoms with Crippen LogP contribution in [-0.2, 0) is 38.2 Å². The Labute approximate surface area is 191 Å². The molecule has 2 heterocycles. The van der Waals surface area contributed by atoms with Crippen LogP contribution < -0.4 is 0 Å². The molecule has 0 spiro atoms. The summed E-state index contributed by atoms with van der Waals surface area (Å²) < 4.78 is 20.0. The molecule has 0 atom stereocenters. The summed E-state index contributed by atoms with van der Waals surface area (Å²) in [5.41, 5.74) is -0.580. The van der Waals surface area contributed by atoms with Gasteiger partial charge in [0.05, 0.1) is 25.0 Å². The van der Waals surface area contributed by atoms with Crippen LogP contribution in [0.25, 0.3) is 0 Å². The van der Waals surface area contributed by atoms with E-state index < -0.39 is 35.5 Å². The molecule has 12 nitrogen and oxygen atoms in total. The molecule has 2 aliphatic heterocycles. The third-order valence-electron chi connectivity index (χ3n) is 4.27. The van der Waals surface area contributed by atoms with Crippen LogP contribution in [-0.4, -0.2) is 84.8 Å². The van der Waals surface area contributed by atoms with Gasteiger partial charge in [0.2, 0.25) is 0 Å². The van der Waals surface area contributed by atoms with Crippen molar-refractivity contribution < 1.29 is 52.9 Å². The van der Waals surface area contributed by atoms with Gasteiger partial charge in [-0.25, -0.2) is 14.4 Å². The summed E-state index contributed by atoms with van der Waals surface area (Å²) in [6, 6.07) is 0. The van der Waals surface area contributed by atoms with E-state index in [4.69, 9.17) is 28.9 Å². The number of hydrogen-bond donors (Lipinski definition) is 1. The van der Waals surface area contributed by atoms with Gasteiger partial charge in [0.1, 0.15) is 13.2 Å². The first-order valence-corrected chi connectivity index (χ1v) is 12.3. The summed E-state index contributed by atoms with van der Waals surface area (Å²) in [4.78, 5) is 62.6. The van der Waals surface area contributed by atoms with Crippen molar-refractivity contribution in [1.29, 1.82) is 0 Å². The Morgan fingerprint density at radius 2 is 1.41 bits per heavy atom. The molecule has 0 saturated carbocycles. The number of carbonyl (C=O) groups is 5. The third-order valence-corrected chi connectivity index (χ3v) is 7.11. The second kappa shape index (κ2) is 13.4. The van der Waals surface area contributed by atoms with Gasteiger partial charge in [-0.3, -0.25) is 9.59 Å². The average molecular weight is 496 g/mol. The molecule has 32 heavy (non-hydrogen) atoms. The number of rotatable bonds is 12. The quantitative estimate of drug-likeness (QED) is 0.180. The van der Waals surface area contributed by atoms with Crippen LogP contribution in [0.3, 0.4) is 0 Å². The van der Waals surface area contributed by atoms with Crippen molar-refractivity contribution in [2.45, 2.75) is 32.1 Å². The largest absolute Gasteiger partial charge is 0.508 e. The number of imide groups is 1. The fourth-order valence-electron chi connectivity index (χ4n) is 2.49. The molecule has 2 aliphatic rings. The topological polar surface area (TPSA) is 155 Å². The van der Waals surface area contributed by atoms with Gasteiger partial charge < -0.3 is 28.9 Å². The van der Waals surface area contributed by atoms with Crippen molar-refractivity contribution in [3.05, 3.63) is 0 Å². The highest BCUT2D eigenvalue weighted by Gasteiger charge is 2.39. The van der Waals surface area contributed by atoms with Crippen LogP contribution >= 0.6 is 21.6 Å². The second-order valence-corrected chi connectivity index (χ2v) is 9.49. The highest BCUT2D eigenvalue weighted by atomic mass is 33.1. The lowest BCUT2D eigenvalue weighted by Crippen LogP contribution is -2.37. The number of hydrogen-bond acceptors (Lipinski definition) is 13. The standard InChI is InChI=1S/C18H25NO11S2/c20-6-2-8-27-17(25)29-10-18(11-31-32-12-18)9-28-16(24)26-7-1-3-15(23)30-19-13(21)4-5-14(19)22/h20H,1-12H2. The van der Waals surface area contributed by atoms with Gasteiger partial charge in [-0.2, -0.15) is 0 Å². The molecule has 0 aromatic rings. The Morgan fingerprint density at radius 1 is 0.875 bits per heavy atom. The van der Waals surface area contributed by atoms with Gasteiger partial charge in [0, 0.05) is 37.4 Å². The zero-order valence-corrected chi connectivity index (χ0v) is 18.9.